The highest BCUT2D eigenvalue weighted by atomic mass is 16.1. The lowest BCUT2D eigenvalue weighted by Crippen LogP contribution is -2.38. The van der Waals surface area contributed by atoms with Gasteiger partial charge >= 0.3 is 0 Å². The minimum atomic E-state index is -0.0969. The SMILES string of the molecule is CCC(C)n1ncc2c(C(=O)NCC(N)C3CC3)cc(C)nc21. The first-order valence-corrected chi connectivity index (χ1v) is 8.40. The molecule has 0 aliphatic heterocycles. The van der Waals surface area contributed by atoms with E-state index in [1.54, 1.807) is 6.20 Å². The number of carbonyl (C=O) groups is 1. The Bertz CT molecular complexity index is 719. The molecule has 6 heteroatoms. The van der Waals surface area contributed by atoms with Gasteiger partial charge in [0.05, 0.1) is 23.2 Å². The van der Waals surface area contributed by atoms with E-state index in [-0.39, 0.29) is 18.0 Å². The molecule has 1 aliphatic rings. The Morgan fingerprint density at radius 2 is 2.26 bits per heavy atom. The van der Waals surface area contributed by atoms with Gasteiger partial charge in [0.25, 0.3) is 5.91 Å². The van der Waals surface area contributed by atoms with Crippen LogP contribution in [0.5, 0.6) is 0 Å². The van der Waals surface area contributed by atoms with Crippen LogP contribution in [0.3, 0.4) is 0 Å². The number of nitrogens with two attached hydrogens (primary N) is 1. The number of hydrogen-bond donors (Lipinski definition) is 2. The minimum absolute atomic E-state index is 0.0558. The van der Waals surface area contributed by atoms with Crippen LogP contribution in [0, 0.1) is 12.8 Å². The van der Waals surface area contributed by atoms with Gasteiger partial charge in [-0.15, -0.1) is 0 Å². The van der Waals surface area contributed by atoms with E-state index in [0.717, 1.165) is 23.1 Å². The molecular formula is C17H25N5O. The summed E-state index contributed by atoms with van der Waals surface area (Å²) >= 11 is 0. The molecule has 0 spiro atoms. The fraction of sp³-hybridized carbons (Fsp3) is 0.588. The van der Waals surface area contributed by atoms with Gasteiger partial charge in [-0.25, -0.2) is 9.67 Å². The summed E-state index contributed by atoms with van der Waals surface area (Å²) in [6.07, 6.45) is 5.06. The van der Waals surface area contributed by atoms with Crippen molar-refractivity contribution in [3.63, 3.8) is 0 Å². The third kappa shape index (κ3) is 3.22. The first kappa shape index (κ1) is 15.9. The summed E-state index contributed by atoms with van der Waals surface area (Å²) in [5, 5.41) is 8.20. The number of rotatable bonds is 6. The smallest absolute Gasteiger partial charge is 0.252 e. The number of aromatic nitrogens is 3. The molecule has 2 heterocycles. The van der Waals surface area contributed by atoms with Crippen LogP contribution in [0.2, 0.25) is 0 Å². The molecule has 2 atom stereocenters. The maximum Gasteiger partial charge on any atom is 0.252 e. The first-order valence-electron chi connectivity index (χ1n) is 8.40. The lowest BCUT2D eigenvalue weighted by Gasteiger charge is -2.13. The van der Waals surface area contributed by atoms with Crippen molar-refractivity contribution in [3.8, 4) is 0 Å². The van der Waals surface area contributed by atoms with Crippen molar-refractivity contribution in [2.24, 2.45) is 11.7 Å². The van der Waals surface area contributed by atoms with Gasteiger partial charge in [-0.2, -0.15) is 5.10 Å². The second-order valence-electron chi connectivity index (χ2n) is 6.61. The lowest BCUT2D eigenvalue weighted by molar-refractivity contribution is 0.0952. The number of pyridine rings is 1. The van der Waals surface area contributed by atoms with Crippen LogP contribution in [-0.2, 0) is 0 Å². The van der Waals surface area contributed by atoms with Crippen LogP contribution < -0.4 is 11.1 Å². The fourth-order valence-corrected chi connectivity index (χ4v) is 2.82. The van der Waals surface area contributed by atoms with Crippen molar-refractivity contribution < 1.29 is 4.79 Å². The Labute approximate surface area is 136 Å². The Balaban J connectivity index is 1.87. The van der Waals surface area contributed by atoms with Crippen LogP contribution >= 0.6 is 0 Å². The highest BCUT2D eigenvalue weighted by molar-refractivity contribution is 6.05. The van der Waals surface area contributed by atoms with E-state index in [9.17, 15) is 4.79 Å². The maximum atomic E-state index is 12.6. The Morgan fingerprint density at radius 1 is 1.52 bits per heavy atom. The number of amides is 1. The lowest BCUT2D eigenvalue weighted by atomic mass is 10.1. The van der Waals surface area contributed by atoms with E-state index in [4.69, 9.17) is 5.73 Å². The molecule has 2 aromatic rings. The van der Waals surface area contributed by atoms with Crippen molar-refractivity contribution >= 4 is 16.9 Å². The Morgan fingerprint density at radius 3 is 2.91 bits per heavy atom. The zero-order chi connectivity index (χ0) is 16.6. The minimum Gasteiger partial charge on any atom is -0.350 e. The van der Waals surface area contributed by atoms with Crippen LogP contribution in [0.25, 0.3) is 11.0 Å². The van der Waals surface area contributed by atoms with Crippen molar-refractivity contribution in [1.29, 1.82) is 0 Å². The molecule has 23 heavy (non-hydrogen) atoms. The van der Waals surface area contributed by atoms with Crippen molar-refractivity contribution in [2.45, 2.75) is 52.1 Å². The molecule has 1 fully saturated rings. The molecule has 2 aromatic heterocycles. The molecule has 3 rings (SSSR count). The normalized spacial score (nSPS) is 17.2. The molecule has 1 saturated carbocycles. The number of fused-ring (bicyclic) bond motifs is 1. The molecule has 0 saturated heterocycles. The summed E-state index contributed by atoms with van der Waals surface area (Å²) in [5.41, 5.74) is 8.29. The van der Waals surface area contributed by atoms with Gasteiger partial charge in [0, 0.05) is 18.3 Å². The van der Waals surface area contributed by atoms with Gasteiger partial charge in [-0.05, 0) is 45.1 Å². The van der Waals surface area contributed by atoms with Crippen molar-refractivity contribution in [3.05, 3.63) is 23.5 Å². The fourth-order valence-electron chi connectivity index (χ4n) is 2.82. The monoisotopic (exact) mass is 315 g/mol. The molecule has 2 unspecified atom stereocenters. The average molecular weight is 315 g/mol. The predicted octanol–water partition coefficient (Wildman–Crippen LogP) is 2.18. The van der Waals surface area contributed by atoms with Crippen molar-refractivity contribution in [2.75, 3.05) is 6.54 Å². The summed E-state index contributed by atoms with van der Waals surface area (Å²) < 4.78 is 1.90. The van der Waals surface area contributed by atoms with E-state index in [2.05, 4.69) is 29.2 Å². The Kier molecular flexibility index (Phi) is 4.35. The molecule has 1 amide bonds. The summed E-state index contributed by atoms with van der Waals surface area (Å²) in [7, 11) is 0. The van der Waals surface area contributed by atoms with Gasteiger partial charge in [-0.3, -0.25) is 4.79 Å². The molecule has 6 nitrogen and oxygen atoms in total. The van der Waals surface area contributed by atoms with Gasteiger partial charge in [-0.1, -0.05) is 6.92 Å². The molecule has 3 N–H and O–H groups in total. The second kappa shape index (κ2) is 6.28. The van der Waals surface area contributed by atoms with E-state index in [0.29, 0.717) is 18.0 Å². The van der Waals surface area contributed by atoms with Gasteiger partial charge in [0.2, 0.25) is 0 Å². The molecule has 124 valence electrons. The number of hydrogen-bond acceptors (Lipinski definition) is 4. The number of aryl methyl sites for hydroxylation is 1. The summed E-state index contributed by atoms with van der Waals surface area (Å²) in [6.45, 7) is 6.64. The van der Waals surface area contributed by atoms with Crippen LogP contribution in [-0.4, -0.2) is 33.3 Å². The first-order chi connectivity index (χ1) is 11.0. The molecule has 0 bridgehead atoms. The largest absolute Gasteiger partial charge is 0.350 e. The highest BCUT2D eigenvalue weighted by Gasteiger charge is 2.28. The average Bonchev–Trinajstić information content (AvgIpc) is 3.31. The van der Waals surface area contributed by atoms with E-state index in [1.165, 1.54) is 12.8 Å². The third-order valence-corrected chi connectivity index (χ3v) is 4.67. The Hall–Kier alpha value is -1.95. The number of carbonyl (C=O) groups excluding carboxylic acids is 1. The van der Waals surface area contributed by atoms with Gasteiger partial charge < -0.3 is 11.1 Å². The van der Waals surface area contributed by atoms with Crippen LogP contribution in [0.1, 0.15) is 55.2 Å². The predicted molar refractivity (Wildman–Crippen MR) is 90.3 cm³/mol. The number of nitrogens with one attached hydrogen (secondary N) is 1. The third-order valence-electron chi connectivity index (χ3n) is 4.67. The zero-order valence-corrected chi connectivity index (χ0v) is 14.0. The van der Waals surface area contributed by atoms with E-state index < -0.39 is 0 Å². The van der Waals surface area contributed by atoms with Crippen LogP contribution in [0.4, 0.5) is 0 Å². The summed E-state index contributed by atoms with van der Waals surface area (Å²) in [5.74, 6) is 0.475. The summed E-state index contributed by atoms with van der Waals surface area (Å²) in [4.78, 5) is 17.2. The zero-order valence-electron chi connectivity index (χ0n) is 14.0. The topological polar surface area (TPSA) is 85.8 Å². The quantitative estimate of drug-likeness (QED) is 0.855. The van der Waals surface area contributed by atoms with E-state index >= 15 is 0 Å². The standard InChI is InChI=1S/C17H25N5O/c1-4-11(3)22-16-14(8-20-22)13(7-10(2)21-16)17(23)19-9-15(18)12-5-6-12/h7-8,11-12,15H,4-6,9,18H2,1-3H3,(H,19,23). The van der Waals surface area contributed by atoms with E-state index in [1.807, 2.05) is 17.7 Å². The van der Waals surface area contributed by atoms with Gasteiger partial charge in [0.1, 0.15) is 0 Å². The summed E-state index contributed by atoms with van der Waals surface area (Å²) in [6, 6.07) is 2.13. The number of nitrogens with zero attached hydrogens (tertiary/aromatic N) is 3. The van der Waals surface area contributed by atoms with Gasteiger partial charge in [0.15, 0.2) is 5.65 Å². The molecular weight excluding hydrogens is 290 g/mol. The molecule has 0 radical (unpaired) electrons. The molecule has 1 aliphatic carbocycles. The van der Waals surface area contributed by atoms with Crippen molar-refractivity contribution in [1.82, 2.24) is 20.1 Å². The maximum absolute atomic E-state index is 12.6. The van der Waals surface area contributed by atoms with Crippen LogP contribution in [0.15, 0.2) is 12.3 Å². The molecule has 0 aromatic carbocycles. The highest BCUT2D eigenvalue weighted by Crippen LogP contribution is 2.31. The second-order valence-corrected chi connectivity index (χ2v) is 6.61.